The lowest BCUT2D eigenvalue weighted by Gasteiger charge is -2.10. The Bertz CT molecular complexity index is 1050. The van der Waals surface area contributed by atoms with Gasteiger partial charge in [0.05, 0.1) is 22.8 Å². The zero-order valence-corrected chi connectivity index (χ0v) is 17.2. The van der Waals surface area contributed by atoms with E-state index >= 15 is 0 Å². The van der Waals surface area contributed by atoms with Gasteiger partial charge in [0.2, 0.25) is 0 Å². The number of aryl methyl sites for hydroxylation is 1. The summed E-state index contributed by atoms with van der Waals surface area (Å²) in [6.45, 7) is 6.52. The lowest BCUT2D eigenvalue weighted by molar-refractivity contribution is 0.0943. The standard InChI is InChI=1S/C20H23ClN6O2/c1-12(2)23-19(28)14-5-7-18-17(11-14)25-26-27(18)9-8-22-20(29)24-16-6-4-13(3)10-15(16)21/h4-7,10-12H,8-9H2,1-3H3,(H,23,28)(H2,22,24,29). The number of fused-ring (bicyclic) bond motifs is 1. The van der Waals surface area contributed by atoms with Crippen LogP contribution in [0.25, 0.3) is 11.0 Å². The molecule has 3 amide bonds. The fourth-order valence-corrected chi connectivity index (χ4v) is 3.07. The molecule has 0 aliphatic rings. The molecule has 8 nitrogen and oxygen atoms in total. The molecule has 3 aromatic rings. The van der Waals surface area contributed by atoms with Crippen LogP contribution in [0.1, 0.15) is 29.8 Å². The van der Waals surface area contributed by atoms with E-state index in [-0.39, 0.29) is 18.0 Å². The smallest absolute Gasteiger partial charge is 0.319 e. The van der Waals surface area contributed by atoms with Gasteiger partial charge in [-0.1, -0.05) is 22.9 Å². The molecule has 9 heteroatoms. The minimum absolute atomic E-state index is 0.0564. The van der Waals surface area contributed by atoms with Gasteiger partial charge >= 0.3 is 6.03 Å². The highest BCUT2D eigenvalue weighted by Crippen LogP contribution is 2.22. The third kappa shape index (κ3) is 5.23. The van der Waals surface area contributed by atoms with Gasteiger partial charge < -0.3 is 16.0 Å². The molecule has 0 bridgehead atoms. The maximum absolute atomic E-state index is 12.1. The maximum Gasteiger partial charge on any atom is 0.319 e. The van der Waals surface area contributed by atoms with Crippen LogP contribution in [0.4, 0.5) is 10.5 Å². The number of halogens is 1. The summed E-state index contributed by atoms with van der Waals surface area (Å²) in [7, 11) is 0. The molecule has 3 N–H and O–H groups in total. The minimum Gasteiger partial charge on any atom is -0.350 e. The molecule has 0 aliphatic heterocycles. The van der Waals surface area contributed by atoms with E-state index in [1.807, 2.05) is 26.8 Å². The number of hydrogen-bond donors (Lipinski definition) is 3. The molecule has 3 rings (SSSR count). The Morgan fingerprint density at radius 1 is 1.17 bits per heavy atom. The first-order chi connectivity index (χ1) is 13.8. The number of anilines is 1. The van der Waals surface area contributed by atoms with E-state index < -0.39 is 0 Å². The van der Waals surface area contributed by atoms with E-state index in [1.165, 1.54) is 0 Å². The topological polar surface area (TPSA) is 101 Å². The van der Waals surface area contributed by atoms with Crippen molar-refractivity contribution >= 4 is 40.3 Å². The fourth-order valence-electron chi connectivity index (χ4n) is 2.79. The molecule has 0 saturated heterocycles. The molecular formula is C20H23ClN6O2. The van der Waals surface area contributed by atoms with Crippen LogP contribution in [0.3, 0.4) is 0 Å². The molecule has 152 valence electrons. The lowest BCUT2D eigenvalue weighted by Crippen LogP contribution is -2.31. The Kier molecular flexibility index (Phi) is 6.33. The highest BCUT2D eigenvalue weighted by atomic mass is 35.5. The molecule has 2 aromatic carbocycles. The second-order valence-electron chi connectivity index (χ2n) is 7.01. The first-order valence-corrected chi connectivity index (χ1v) is 9.66. The van der Waals surface area contributed by atoms with Crippen molar-refractivity contribution in [1.82, 2.24) is 25.6 Å². The SMILES string of the molecule is Cc1ccc(NC(=O)NCCn2nnc3cc(C(=O)NC(C)C)ccc32)c(Cl)c1. The summed E-state index contributed by atoms with van der Waals surface area (Å²) < 4.78 is 1.68. The van der Waals surface area contributed by atoms with E-state index in [1.54, 1.807) is 35.0 Å². The molecule has 0 spiro atoms. The molecule has 29 heavy (non-hydrogen) atoms. The zero-order valence-electron chi connectivity index (χ0n) is 16.5. The van der Waals surface area contributed by atoms with Gasteiger partial charge in [-0.25, -0.2) is 9.48 Å². The number of amides is 3. The van der Waals surface area contributed by atoms with Crippen molar-refractivity contribution in [1.29, 1.82) is 0 Å². The molecule has 0 saturated carbocycles. The first-order valence-electron chi connectivity index (χ1n) is 9.28. The number of aromatic nitrogens is 3. The van der Waals surface area contributed by atoms with Gasteiger partial charge in [-0.2, -0.15) is 0 Å². The minimum atomic E-state index is -0.354. The summed E-state index contributed by atoms with van der Waals surface area (Å²) in [6.07, 6.45) is 0. The van der Waals surface area contributed by atoms with E-state index in [0.717, 1.165) is 11.1 Å². The Morgan fingerprint density at radius 2 is 1.97 bits per heavy atom. The number of carbonyl (C=O) groups excluding carboxylic acids is 2. The summed E-state index contributed by atoms with van der Waals surface area (Å²) in [6, 6.07) is 10.4. The Labute approximate surface area is 173 Å². The summed E-state index contributed by atoms with van der Waals surface area (Å²) in [4.78, 5) is 24.2. The van der Waals surface area contributed by atoms with E-state index in [9.17, 15) is 9.59 Å². The van der Waals surface area contributed by atoms with Crippen LogP contribution in [-0.2, 0) is 6.54 Å². The van der Waals surface area contributed by atoms with Gasteiger partial charge in [0.25, 0.3) is 5.91 Å². The Balaban J connectivity index is 1.58. The predicted molar refractivity (Wildman–Crippen MR) is 113 cm³/mol. The van der Waals surface area contributed by atoms with Crippen LogP contribution < -0.4 is 16.0 Å². The van der Waals surface area contributed by atoms with Crippen LogP contribution >= 0.6 is 11.6 Å². The average molecular weight is 415 g/mol. The average Bonchev–Trinajstić information content (AvgIpc) is 3.06. The van der Waals surface area contributed by atoms with Gasteiger partial charge in [-0.15, -0.1) is 5.10 Å². The van der Waals surface area contributed by atoms with Gasteiger partial charge in [0.15, 0.2) is 0 Å². The van der Waals surface area contributed by atoms with Crippen LogP contribution in [-0.4, -0.2) is 39.5 Å². The molecule has 0 aliphatic carbocycles. The molecule has 0 atom stereocenters. The quantitative estimate of drug-likeness (QED) is 0.575. The van der Waals surface area contributed by atoms with Crippen LogP contribution in [0.5, 0.6) is 0 Å². The number of benzene rings is 2. The highest BCUT2D eigenvalue weighted by Gasteiger charge is 2.11. The summed E-state index contributed by atoms with van der Waals surface area (Å²) in [5.41, 5.74) is 3.51. The predicted octanol–water partition coefficient (Wildman–Crippen LogP) is 3.35. The maximum atomic E-state index is 12.1. The van der Waals surface area contributed by atoms with Crippen molar-refractivity contribution in [3.05, 3.63) is 52.5 Å². The monoisotopic (exact) mass is 414 g/mol. The first kappa shape index (κ1) is 20.6. The molecule has 1 heterocycles. The van der Waals surface area contributed by atoms with Crippen molar-refractivity contribution in [2.75, 3.05) is 11.9 Å². The van der Waals surface area contributed by atoms with Gasteiger partial charge in [-0.3, -0.25) is 4.79 Å². The van der Waals surface area contributed by atoms with Crippen LogP contribution in [0, 0.1) is 6.92 Å². The normalized spacial score (nSPS) is 10.9. The van der Waals surface area contributed by atoms with Gasteiger partial charge in [0.1, 0.15) is 5.52 Å². The largest absolute Gasteiger partial charge is 0.350 e. The number of carbonyl (C=O) groups is 2. The number of hydrogen-bond acceptors (Lipinski definition) is 4. The van der Waals surface area contributed by atoms with Crippen molar-refractivity contribution in [2.24, 2.45) is 0 Å². The van der Waals surface area contributed by atoms with E-state index in [0.29, 0.717) is 34.9 Å². The van der Waals surface area contributed by atoms with Crippen molar-refractivity contribution in [3.63, 3.8) is 0 Å². The van der Waals surface area contributed by atoms with Gasteiger partial charge in [0, 0.05) is 18.2 Å². The molecule has 0 unspecified atom stereocenters. The number of nitrogens with zero attached hydrogens (tertiary/aromatic N) is 3. The van der Waals surface area contributed by atoms with Crippen molar-refractivity contribution < 1.29 is 9.59 Å². The number of nitrogens with one attached hydrogen (secondary N) is 3. The van der Waals surface area contributed by atoms with Crippen LogP contribution in [0.2, 0.25) is 5.02 Å². The summed E-state index contributed by atoms with van der Waals surface area (Å²) >= 11 is 6.12. The van der Waals surface area contributed by atoms with Crippen molar-refractivity contribution in [3.8, 4) is 0 Å². The third-order valence-corrected chi connectivity index (χ3v) is 4.49. The molecule has 1 aromatic heterocycles. The number of rotatable bonds is 6. The molecule has 0 fully saturated rings. The second kappa shape index (κ2) is 8.91. The Morgan fingerprint density at radius 3 is 2.69 bits per heavy atom. The Hall–Kier alpha value is -3.13. The van der Waals surface area contributed by atoms with Gasteiger partial charge in [-0.05, 0) is 56.7 Å². The van der Waals surface area contributed by atoms with E-state index in [2.05, 4.69) is 26.3 Å². The number of urea groups is 1. The second-order valence-corrected chi connectivity index (χ2v) is 7.42. The highest BCUT2D eigenvalue weighted by molar-refractivity contribution is 6.33. The third-order valence-electron chi connectivity index (χ3n) is 4.18. The van der Waals surface area contributed by atoms with E-state index in [4.69, 9.17) is 11.6 Å². The fraction of sp³-hybridized carbons (Fsp3) is 0.300. The summed E-state index contributed by atoms with van der Waals surface area (Å²) in [5, 5.41) is 17.0. The van der Waals surface area contributed by atoms with Crippen molar-refractivity contribution in [2.45, 2.75) is 33.4 Å². The molecule has 0 radical (unpaired) electrons. The molecular weight excluding hydrogens is 392 g/mol. The summed E-state index contributed by atoms with van der Waals surface area (Å²) in [5.74, 6) is -0.149. The zero-order chi connectivity index (χ0) is 21.0. The van der Waals surface area contributed by atoms with Crippen LogP contribution in [0.15, 0.2) is 36.4 Å². The lowest BCUT2D eigenvalue weighted by atomic mass is 10.2.